The lowest BCUT2D eigenvalue weighted by atomic mass is 9.78. The minimum atomic E-state index is -0.808. The first-order valence-corrected chi connectivity index (χ1v) is 7.87. The number of benzene rings is 1. The predicted molar refractivity (Wildman–Crippen MR) is 85.4 cm³/mol. The van der Waals surface area contributed by atoms with Crippen LogP contribution in [0.3, 0.4) is 0 Å². The molecule has 0 saturated heterocycles. The third-order valence-corrected chi connectivity index (χ3v) is 4.78. The third kappa shape index (κ3) is 3.89. The molecule has 0 atom stereocenters. The molecule has 0 radical (unpaired) electrons. The van der Waals surface area contributed by atoms with Crippen LogP contribution in [0.15, 0.2) is 18.2 Å². The van der Waals surface area contributed by atoms with Gasteiger partial charge in [0, 0.05) is 12.2 Å². The van der Waals surface area contributed by atoms with Gasteiger partial charge < -0.3 is 16.2 Å². The molecule has 4 N–H and O–H groups in total. The van der Waals surface area contributed by atoms with Gasteiger partial charge in [-0.2, -0.15) is 0 Å². The smallest absolute Gasteiger partial charge is 0.254 e. The van der Waals surface area contributed by atoms with E-state index in [0.717, 1.165) is 32.1 Å². The van der Waals surface area contributed by atoms with Gasteiger partial charge in [-0.05, 0) is 43.7 Å². The number of rotatable bonds is 4. The van der Waals surface area contributed by atoms with Crippen molar-refractivity contribution in [2.75, 3.05) is 12.3 Å². The van der Waals surface area contributed by atoms with Gasteiger partial charge in [-0.15, -0.1) is 0 Å². The lowest BCUT2D eigenvalue weighted by Crippen LogP contribution is -2.45. The molecule has 1 saturated carbocycles. The van der Waals surface area contributed by atoms with Crippen molar-refractivity contribution in [3.05, 3.63) is 28.8 Å². The van der Waals surface area contributed by atoms with Gasteiger partial charge >= 0.3 is 0 Å². The molecular formula is C16H23ClN2O2. The molecule has 1 aromatic rings. The van der Waals surface area contributed by atoms with Crippen molar-refractivity contribution in [2.24, 2.45) is 5.92 Å². The average Bonchev–Trinajstić information content (AvgIpc) is 2.46. The fourth-order valence-corrected chi connectivity index (χ4v) is 3.18. The van der Waals surface area contributed by atoms with Gasteiger partial charge in [-0.3, -0.25) is 4.79 Å². The summed E-state index contributed by atoms with van der Waals surface area (Å²) in [5.41, 5.74) is 5.62. The standard InChI is InChI=1S/C16H23ClN2O2/c1-2-11-6-8-16(21,9-7-11)10-19-15(20)14-12(17)4-3-5-13(14)18/h3-5,11,21H,2,6-10,18H2,1H3,(H,19,20). The molecule has 0 aliphatic heterocycles. The first-order valence-electron chi connectivity index (χ1n) is 7.50. The number of nitrogen functional groups attached to an aromatic ring is 1. The Balaban J connectivity index is 1.95. The van der Waals surface area contributed by atoms with E-state index < -0.39 is 5.60 Å². The number of carbonyl (C=O) groups excluding carboxylic acids is 1. The van der Waals surface area contributed by atoms with E-state index in [9.17, 15) is 9.90 Å². The Kier molecular flexibility index (Phi) is 5.12. The van der Waals surface area contributed by atoms with E-state index in [1.807, 2.05) is 0 Å². The number of halogens is 1. The minimum absolute atomic E-state index is 0.243. The topological polar surface area (TPSA) is 75.3 Å². The van der Waals surface area contributed by atoms with Crippen molar-refractivity contribution in [2.45, 2.75) is 44.6 Å². The molecule has 1 aromatic carbocycles. The van der Waals surface area contributed by atoms with Crippen LogP contribution in [0.2, 0.25) is 5.02 Å². The number of aliphatic hydroxyl groups is 1. The fraction of sp³-hybridized carbons (Fsp3) is 0.562. The normalized spacial score (nSPS) is 25.6. The maximum Gasteiger partial charge on any atom is 0.254 e. The van der Waals surface area contributed by atoms with Gasteiger partial charge in [0.2, 0.25) is 0 Å². The quantitative estimate of drug-likeness (QED) is 0.748. The summed E-state index contributed by atoms with van der Waals surface area (Å²) in [6, 6.07) is 4.98. The summed E-state index contributed by atoms with van der Waals surface area (Å²) in [6.45, 7) is 2.42. The molecule has 21 heavy (non-hydrogen) atoms. The van der Waals surface area contributed by atoms with Crippen molar-refractivity contribution in [1.82, 2.24) is 5.32 Å². The van der Waals surface area contributed by atoms with Crippen LogP contribution in [0, 0.1) is 5.92 Å². The Morgan fingerprint density at radius 3 is 2.71 bits per heavy atom. The second kappa shape index (κ2) is 6.67. The lowest BCUT2D eigenvalue weighted by molar-refractivity contribution is -0.00786. The van der Waals surface area contributed by atoms with Gasteiger partial charge in [0.1, 0.15) is 0 Å². The third-order valence-electron chi connectivity index (χ3n) is 4.46. The minimum Gasteiger partial charge on any atom is -0.398 e. The number of amides is 1. The Morgan fingerprint density at radius 1 is 1.48 bits per heavy atom. The van der Waals surface area contributed by atoms with E-state index in [1.165, 1.54) is 0 Å². The number of anilines is 1. The van der Waals surface area contributed by atoms with Crippen molar-refractivity contribution in [1.29, 1.82) is 0 Å². The molecule has 0 heterocycles. The molecule has 1 fully saturated rings. The number of hydrogen-bond donors (Lipinski definition) is 3. The monoisotopic (exact) mass is 310 g/mol. The van der Waals surface area contributed by atoms with Gasteiger partial charge in [0.25, 0.3) is 5.91 Å². The number of carbonyl (C=O) groups is 1. The van der Waals surface area contributed by atoms with E-state index in [-0.39, 0.29) is 18.0 Å². The first-order chi connectivity index (χ1) is 9.95. The van der Waals surface area contributed by atoms with Crippen molar-refractivity contribution >= 4 is 23.2 Å². The summed E-state index contributed by atoms with van der Waals surface area (Å²) in [5.74, 6) is 0.365. The van der Waals surface area contributed by atoms with Crippen LogP contribution in [0.5, 0.6) is 0 Å². The highest BCUT2D eigenvalue weighted by atomic mass is 35.5. The SMILES string of the molecule is CCC1CCC(O)(CNC(=O)c2c(N)cccc2Cl)CC1. The summed E-state index contributed by atoms with van der Waals surface area (Å²) in [6.07, 6.45) is 4.63. The van der Waals surface area contributed by atoms with Crippen LogP contribution in [0.25, 0.3) is 0 Å². The second-order valence-electron chi connectivity index (χ2n) is 5.96. The van der Waals surface area contributed by atoms with Gasteiger partial charge in [-0.1, -0.05) is 31.0 Å². The molecule has 0 aromatic heterocycles. The summed E-state index contributed by atoms with van der Waals surface area (Å²) in [7, 11) is 0. The van der Waals surface area contributed by atoms with Crippen LogP contribution in [0.1, 0.15) is 49.4 Å². The largest absolute Gasteiger partial charge is 0.398 e. The van der Waals surface area contributed by atoms with Crippen LogP contribution < -0.4 is 11.1 Å². The Bertz CT molecular complexity index is 491. The van der Waals surface area contributed by atoms with E-state index in [4.69, 9.17) is 17.3 Å². The predicted octanol–water partition coefficient (Wildman–Crippen LogP) is 2.98. The van der Waals surface area contributed by atoms with Gasteiger partial charge in [0.15, 0.2) is 0 Å². The summed E-state index contributed by atoms with van der Waals surface area (Å²) >= 11 is 6.02. The highest BCUT2D eigenvalue weighted by Gasteiger charge is 2.33. The Morgan fingerprint density at radius 2 is 2.14 bits per heavy atom. The van der Waals surface area contributed by atoms with Crippen molar-refractivity contribution in [3.63, 3.8) is 0 Å². The maximum atomic E-state index is 12.2. The first kappa shape index (κ1) is 16.1. The van der Waals surface area contributed by atoms with Gasteiger partial charge in [0.05, 0.1) is 16.2 Å². The molecule has 2 rings (SSSR count). The molecule has 1 aliphatic carbocycles. The highest BCUT2D eigenvalue weighted by Crippen LogP contribution is 2.33. The van der Waals surface area contributed by atoms with Crippen LogP contribution in [-0.2, 0) is 0 Å². The van der Waals surface area contributed by atoms with Crippen molar-refractivity contribution < 1.29 is 9.90 Å². The molecule has 5 heteroatoms. The van der Waals surface area contributed by atoms with Gasteiger partial charge in [-0.25, -0.2) is 0 Å². The highest BCUT2D eigenvalue weighted by molar-refractivity contribution is 6.34. The second-order valence-corrected chi connectivity index (χ2v) is 6.37. The zero-order valence-electron chi connectivity index (χ0n) is 12.4. The molecule has 0 unspecified atom stereocenters. The zero-order chi connectivity index (χ0) is 15.5. The molecule has 4 nitrogen and oxygen atoms in total. The Hall–Kier alpha value is -1.26. The van der Waals surface area contributed by atoms with Crippen molar-refractivity contribution in [3.8, 4) is 0 Å². The summed E-state index contributed by atoms with van der Waals surface area (Å²) in [4.78, 5) is 12.2. The molecule has 0 bridgehead atoms. The molecular weight excluding hydrogens is 288 g/mol. The van der Waals surface area contributed by atoms with Crippen LogP contribution >= 0.6 is 11.6 Å². The summed E-state index contributed by atoms with van der Waals surface area (Å²) in [5, 5.41) is 13.6. The average molecular weight is 311 g/mol. The van der Waals surface area contributed by atoms with E-state index in [2.05, 4.69) is 12.2 Å². The molecule has 116 valence electrons. The zero-order valence-corrected chi connectivity index (χ0v) is 13.1. The van der Waals surface area contributed by atoms with E-state index in [1.54, 1.807) is 18.2 Å². The molecule has 1 aliphatic rings. The lowest BCUT2D eigenvalue weighted by Gasteiger charge is -2.35. The number of nitrogens with two attached hydrogens (primary N) is 1. The molecule has 0 spiro atoms. The molecule has 1 amide bonds. The fourth-order valence-electron chi connectivity index (χ4n) is 2.91. The number of nitrogens with one attached hydrogen (secondary N) is 1. The maximum absolute atomic E-state index is 12.2. The van der Waals surface area contributed by atoms with Crippen LogP contribution in [0.4, 0.5) is 5.69 Å². The van der Waals surface area contributed by atoms with E-state index >= 15 is 0 Å². The van der Waals surface area contributed by atoms with E-state index in [0.29, 0.717) is 16.6 Å². The Labute approximate surface area is 130 Å². The number of hydrogen-bond acceptors (Lipinski definition) is 3. The van der Waals surface area contributed by atoms with Crippen LogP contribution in [-0.4, -0.2) is 23.2 Å². The summed E-state index contributed by atoms with van der Waals surface area (Å²) < 4.78 is 0.